The molecule has 0 aliphatic carbocycles. The molecule has 0 amide bonds. The van der Waals surface area contributed by atoms with Crippen LogP contribution in [0.1, 0.15) is 27.2 Å². The average molecular weight is 298 g/mol. The molecule has 0 aromatic heterocycles. The normalized spacial score (nSPS) is 12.8. The summed E-state index contributed by atoms with van der Waals surface area (Å²) in [6.07, 6.45) is 0.437. The minimum atomic E-state index is -0.955. The second-order valence-electron chi connectivity index (χ2n) is 6.14. The molecule has 0 radical (unpaired) electrons. The second-order valence-corrected chi connectivity index (χ2v) is 6.14. The molecule has 1 aromatic rings. The Labute approximate surface area is 122 Å². The van der Waals surface area contributed by atoms with Gasteiger partial charge in [-0.3, -0.25) is 14.9 Å². The van der Waals surface area contributed by atoms with Crippen molar-refractivity contribution in [3.63, 3.8) is 0 Å². The van der Waals surface area contributed by atoms with Gasteiger partial charge in [0.05, 0.1) is 16.9 Å². The van der Waals surface area contributed by atoms with Crippen LogP contribution in [-0.4, -0.2) is 22.5 Å². The molecule has 0 saturated heterocycles. The number of hydrogen-bond donors (Lipinski definition) is 2. The number of nitrogens with one attached hydrogen (secondary N) is 1. The minimum absolute atomic E-state index is 0.0766. The van der Waals surface area contributed by atoms with E-state index in [1.54, 1.807) is 0 Å². The number of nitro benzene ring substituents is 1. The van der Waals surface area contributed by atoms with Crippen LogP contribution in [0.4, 0.5) is 15.8 Å². The first kappa shape index (κ1) is 16.9. The lowest BCUT2D eigenvalue weighted by Gasteiger charge is -2.23. The van der Waals surface area contributed by atoms with E-state index in [1.807, 2.05) is 20.8 Å². The maximum Gasteiger partial charge on any atom is 0.308 e. The quantitative estimate of drug-likeness (QED) is 0.621. The number of aliphatic carboxylic acids is 1. The van der Waals surface area contributed by atoms with Gasteiger partial charge in [-0.2, -0.15) is 0 Å². The van der Waals surface area contributed by atoms with Crippen molar-refractivity contribution in [1.82, 2.24) is 0 Å². The fraction of sp³-hybridized carbons (Fsp3) is 0.500. The Kier molecular flexibility index (Phi) is 5.23. The molecule has 0 heterocycles. The van der Waals surface area contributed by atoms with Gasteiger partial charge in [0, 0.05) is 18.3 Å². The van der Waals surface area contributed by atoms with Gasteiger partial charge in [-0.25, -0.2) is 4.39 Å². The fourth-order valence-electron chi connectivity index (χ4n) is 2.01. The molecule has 116 valence electrons. The highest BCUT2D eigenvalue weighted by Crippen LogP contribution is 2.26. The highest BCUT2D eigenvalue weighted by Gasteiger charge is 2.24. The maximum atomic E-state index is 13.3. The Morgan fingerprint density at radius 1 is 1.43 bits per heavy atom. The van der Waals surface area contributed by atoms with Crippen LogP contribution in [0, 0.1) is 27.3 Å². The predicted octanol–water partition coefficient (Wildman–Crippen LogP) is 3.28. The highest BCUT2D eigenvalue weighted by molar-refractivity contribution is 5.71. The zero-order valence-electron chi connectivity index (χ0n) is 12.2. The number of halogens is 1. The molecule has 1 atom stereocenters. The lowest BCUT2D eigenvalue weighted by Crippen LogP contribution is -2.27. The molecule has 7 heteroatoms. The lowest BCUT2D eigenvalue weighted by molar-refractivity contribution is -0.385. The molecule has 1 aromatic carbocycles. The van der Waals surface area contributed by atoms with E-state index in [4.69, 9.17) is 0 Å². The maximum absolute atomic E-state index is 13.3. The van der Waals surface area contributed by atoms with Crippen LogP contribution in [0.15, 0.2) is 18.2 Å². The van der Waals surface area contributed by atoms with Gasteiger partial charge in [0.2, 0.25) is 0 Å². The summed E-state index contributed by atoms with van der Waals surface area (Å²) < 4.78 is 13.3. The van der Waals surface area contributed by atoms with Gasteiger partial charge in [-0.05, 0) is 17.9 Å². The lowest BCUT2D eigenvalue weighted by atomic mass is 9.84. The van der Waals surface area contributed by atoms with Crippen molar-refractivity contribution < 1.29 is 19.2 Å². The van der Waals surface area contributed by atoms with Crippen molar-refractivity contribution in [1.29, 1.82) is 0 Å². The zero-order chi connectivity index (χ0) is 16.2. The van der Waals surface area contributed by atoms with Crippen molar-refractivity contribution in [3.05, 3.63) is 34.1 Å². The summed E-state index contributed by atoms with van der Waals surface area (Å²) in [6.45, 7) is 5.86. The van der Waals surface area contributed by atoms with Gasteiger partial charge < -0.3 is 10.4 Å². The number of nitro groups is 1. The molecule has 0 fully saturated rings. The van der Waals surface area contributed by atoms with Crippen molar-refractivity contribution in [2.24, 2.45) is 11.3 Å². The van der Waals surface area contributed by atoms with Gasteiger partial charge in [-0.15, -0.1) is 0 Å². The van der Waals surface area contributed by atoms with Crippen molar-refractivity contribution in [2.75, 3.05) is 11.9 Å². The molecule has 21 heavy (non-hydrogen) atoms. The van der Waals surface area contributed by atoms with Crippen molar-refractivity contribution in [2.45, 2.75) is 27.2 Å². The van der Waals surface area contributed by atoms with Gasteiger partial charge in [-0.1, -0.05) is 20.8 Å². The molecule has 1 rings (SSSR count). The van der Waals surface area contributed by atoms with E-state index < -0.39 is 22.6 Å². The molecule has 0 spiro atoms. The number of benzene rings is 1. The number of carbonyl (C=O) groups is 1. The van der Waals surface area contributed by atoms with E-state index >= 15 is 0 Å². The Morgan fingerprint density at radius 3 is 2.52 bits per heavy atom. The third kappa shape index (κ3) is 5.76. The topological polar surface area (TPSA) is 92.5 Å². The first-order valence-corrected chi connectivity index (χ1v) is 6.50. The summed E-state index contributed by atoms with van der Waals surface area (Å²) in [5.74, 6) is -2.36. The molecule has 6 nitrogen and oxygen atoms in total. The summed E-state index contributed by atoms with van der Waals surface area (Å²) in [6, 6.07) is 3.09. The molecular formula is C14H19FN2O4. The summed E-state index contributed by atoms with van der Waals surface area (Å²) in [5, 5.41) is 22.6. The van der Waals surface area contributed by atoms with Gasteiger partial charge in [0.1, 0.15) is 5.82 Å². The van der Waals surface area contributed by atoms with Crippen LogP contribution < -0.4 is 5.32 Å². The van der Waals surface area contributed by atoms with Crippen LogP contribution in [0.5, 0.6) is 0 Å². The van der Waals surface area contributed by atoms with Crippen LogP contribution in [0.3, 0.4) is 0 Å². The summed E-state index contributed by atoms with van der Waals surface area (Å²) in [5.41, 5.74) is -0.347. The first-order valence-electron chi connectivity index (χ1n) is 6.50. The van der Waals surface area contributed by atoms with E-state index in [9.17, 15) is 24.4 Å². The Morgan fingerprint density at radius 2 is 2.05 bits per heavy atom. The van der Waals surface area contributed by atoms with E-state index in [0.717, 1.165) is 12.1 Å². The molecule has 1 unspecified atom stereocenters. The van der Waals surface area contributed by atoms with Crippen LogP contribution >= 0.6 is 0 Å². The first-order chi connectivity index (χ1) is 9.58. The fourth-order valence-corrected chi connectivity index (χ4v) is 2.01. The SMILES string of the molecule is CC(C)(C)CC(CNc1cc(F)cc([N+](=O)[O-])c1)C(=O)O. The van der Waals surface area contributed by atoms with E-state index in [2.05, 4.69) is 5.32 Å². The van der Waals surface area contributed by atoms with E-state index in [0.29, 0.717) is 6.42 Å². The number of anilines is 1. The Bertz CT molecular complexity index is 540. The zero-order valence-corrected chi connectivity index (χ0v) is 12.2. The summed E-state index contributed by atoms with van der Waals surface area (Å²) >= 11 is 0. The largest absolute Gasteiger partial charge is 0.481 e. The van der Waals surface area contributed by atoms with Crippen LogP contribution in [0.25, 0.3) is 0 Å². The standard InChI is InChI=1S/C14H19FN2O4/c1-14(2,3)7-9(13(18)19)8-16-11-4-10(15)5-12(6-11)17(20)21/h4-6,9,16H,7-8H2,1-3H3,(H,18,19). The van der Waals surface area contributed by atoms with Gasteiger partial charge in [0.25, 0.3) is 5.69 Å². The highest BCUT2D eigenvalue weighted by atomic mass is 19.1. The van der Waals surface area contributed by atoms with Crippen molar-refractivity contribution >= 4 is 17.3 Å². The summed E-state index contributed by atoms with van der Waals surface area (Å²) in [4.78, 5) is 21.2. The number of carboxylic acid groups (broad SMARTS) is 1. The second kappa shape index (κ2) is 6.51. The average Bonchev–Trinajstić information content (AvgIpc) is 2.32. The number of hydrogen-bond acceptors (Lipinski definition) is 4. The molecule has 0 bridgehead atoms. The molecular weight excluding hydrogens is 279 g/mol. The Balaban J connectivity index is 2.81. The summed E-state index contributed by atoms with van der Waals surface area (Å²) in [7, 11) is 0. The molecule has 0 aliphatic rings. The van der Waals surface area contributed by atoms with Crippen LogP contribution in [0.2, 0.25) is 0 Å². The third-order valence-corrected chi connectivity index (χ3v) is 2.85. The third-order valence-electron chi connectivity index (χ3n) is 2.85. The Hall–Kier alpha value is -2.18. The van der Waals surface area contributed by atoms with E-state index in [-0.39, 0.29) is 23.3 Å². The van der Waals surface area contributed by atoms with Gasteiger partial charge in [0.15, 0.2) is 0 Å². The van der Waals surface area contributed by atoms with E-state index in [1.165, 1.54) is 6.07 Å². The van der Waals surface area contributed by atoms with Gasteiger partial charge >= 0.3 is 5.97 Å². The molecule has 0 aliphatic heterocycles. The number of carboxylic acids is 1. The van der Waals surface area contributed by atoms with Crippen LogP contribution in [-0.2, 0) is 4.79 Å². The molecule has 0 saturated carbocycles. The van der Waals surface area contributed by atoms with Crippen molar-refractivity contribution in [3.8, 4) is 0 Å². The number of rotatable bonds is 6. The molecule has 2 N–H and O–H groups in total. The smallest absolute Gasteiger partial charge is 0.308 e. The monoisotopic (exact) mass is 298 g/mol. The number of nitrogens with zero attached hydrogens (tertiary/aromatic N) is 1. The number of non-ortho nitro benzene ring substituents is 1. The minimum Gasteiger partial charge on any atom is -0.481 e. The predicted molar refractivity (Wildman–Crippen MR) is 76.7 cm³/mol.